The SMILES string of the molecule is CCC(CC)COC(=O)C(C)N[P+](=O)Oc1ccccc1. The summed E-state index contributed by atoms with van der Waals surface area (Å²) in [5.41, 5.74) is 0. The van der Waals surface area contributed by atoms with Gasteiger partial charge >= 0.3 is 14.1 Å². The number of hydrogen-bond donors (Lipinski definition) is 1. The third kappa shape index (κ3) is 6.69. The largest absolute Gasteiger partial charge is 0.664 e. The van der Waals surface area contributed by atoms with Gasteiger partial charge in [-0.1, -0.05) is 50.0 Å². The summed E-state index contributed by atoms with van der Waals surface area (Å²) in [6.45, 7) is 6.13. The minimum absolute atomic E-state index is 0.371. The van der Waals surface area contributed by atoms with Crippen LogP contribution in [-0.2, 0) is 14.1 Å². The Morgan fingerprint density at radius 1 is 1.24 bits per heavy atom. The van der Waals surface area contributed by atoms with Crippen molar-refractivity contribution in [1.29, 1.82) is 0 Å². The van der Waals surface area contributed by atoms with Crippen molar-refractivity contribution in [3.8, 4) is 5.75 Å². The van der Waals surface area contributed by atoms with Crippen molar-refractivity contribution < 1.29 is 18.6 Å². The summed E-state index contributed by atoms with van der Waals surface area (Å²) in [5, 5.41) is 2.60. The van der Waals surface area contributed by atoms with Crippen LogP contribution in [0.1, 0.15) is 33.6 Å². The van der Waals surface area contributed by atoms with Crippen LogP contribution < -0.4 is 9.61 Å². The lowest BCUT2D eigenvalue weighted by Crippen LogP contribution is -2.32. The van der Waals surface area contributed by atoms with Gasteiger partial charge in [0.15, 0.2) is 5.75 Å². The van der Waals surface area contributed by atoms with E-state index < -0.39 is 20.2 Å². The third-order valence-electron chi connectivity index (χ3n) is 3.20. The van der Waals surface area contributed by atoms with Crippen LogP contribution in [0.2, 0.25) is 0 Å². The maximum Gasteiger partial charge on any atom is 0.664 e. The fourth-order valence-corrected chi connectivity index (χ4v) is 2.45. The number of nitrogens with one attached hydrogen (secondary N) is 1. The standard InChI is InChI=1S/C15H23NO4P/c1-4-13(5-2)11-19-15(17)12(3)16-21(18)20-14-9-7-6-8-10-14/h6-10,12-13H,4-5,11H2,1-3H3,(H,16,18)/q+1. The molecule has 2 unspecified atom stereocenters. The molecular weight excluding hydrogens is 289 g/mol. The Balaban J connectivity index is 2.36. The molecule has 1 rings (SSSR count). The number of carbonyl (C=O) groups excluding carboxylic acids is 1. The topological polar surface area (TPSA) is 64.6 Å². The molecule has 0 spiro atoms. The van der Waals surface area contributed by atoms with Crippen LogP contribution in [0.4, 0.5) is 0 Å². The second-order valence-electron chi connectivity index (χ2n) is 4.82. The lowest BCUT2D eigenvalue weighted by atomic mass is 10.1. The van der Waals surface area contributed by atoms with E-state index in [0.717, 1.165) is 12.8 Å². The molecule has 21 heavy (non-hydrogen) atoms. The number of carbonyl (C=O) groups is 1. The van der Waals surface area contributed by atoms with Gasteiger partial charge in [0.25, 0.3) is 0 Å². The lowest BCUT2D eigenvalue weighted by Gasteiger charge is -2.13. The van der Waals surface area contributed by atoms with Crippen molar-refractivity contribution in [1.82, 2.24) is 5.09 Å². The molecule has 0 radical (unpaired) electrons. The number of benzene rings is 1. The van der Waals surface area contributed by atoms with Crippen molar-refractivity contribution in [3.05, 3.63) is 30.3 Å². The van der Waals surface area contributed by atoms with Gasteiger partial charge in [0, 0.05) is 4.57 Å². The predicted molar refractivity (Wildman–Crippen MR) is 82.3 cm³/mol. The quantitative estimate of drug-likeness (QED) is 0.556. The van der Waals surface area contributed by atoms with Crippen LogP contribution in [0, 0.1) is 5.92 Å². The van der Waals surface area contributed by atoms with Crippen LogP contribution in [0.25, 0.3) is 0 Å². The molecule has 0 aliphatic carbocycles. The van der Waals surface area contributed by atoms with Crippen LogP contribution in [0.5, 0.6) is 5.75 Å². The third-order valence-corrected chi connectivity index (χ3v) is 4.17. The molecule has 0 aliphatic heterocycles. The van der Waals surface area contributed by atoms with Crippen LogP contribution in [-0.4, -0.2) is 18.6 Å². The number of ether oxygens (including phenoxy) is 1. The van der Waals surface area contributed by atoms with Crippen molar-refractivity contribution in [2.45, 2.75) is 39.7 Å². The maximum absolute atomic E-state index is 11.8. The molecule has 0 heterocycles. The first-order chi connectivity index (χ1) is 10.1. The molecule has 0 saturated carbocycles. The Morgan fingerprint density at radius 3 is 2.43 bits per heavy atom. The molecule has 1 aromatic carbocycles. The van der Waals surface area contributed by atoms with Crippen molar-refractivity contribution in [2.24, 2.45) is 5.92 Å². The van der Waals surface area contributed by atoms with E-state index in [1.54, 1.807) is 31.2 Å². The van der Waals surface area contributed by atoms with E-state index in [1.807, 2.05) is 6.07 Å². The second kappa shape index (κ2) is 9.48. The average molecular weight is 312 g/mol. The van der Waals surface area contributed by atoms with Crippen LogP contribution in [0.3, 0.4) is 0 Å². The highest BCUT2D eigenvalue weighted by atomic mass is 31.1. The fourth-order valence-electron chi connectivity index (χ4n) is 1.66. The lowest BCUT2D eigenvalue weighted by molar-refractivity contribution is -0.146. The molecule has 116 valence electrons. The molecular formula is C15H23NO4P+. The van der Waals surface area contributed by atoms with Crippen molar-refractivity contribution >= 4 is 14.1 Å². The maximum atomic E-state index is 11.8. The zero-order chi connectivity index (χ0) is 15.7. The number of para-hydroxylation sites is 1. The molecule has 6 heteroatoms. The minimum atomic E-state index is -2.16. The first-order valence-electron chi connectivity index (χ1n) is 7.19. The van der Waals surface area contributed by atoms with Crippen molar-refractivity contribution in [3.63, 3.8) is 0 Å². The molecule has 0 aromatic heterocycles. The second-order valence-corrected chi connectivity index (χ2v) is 5.78. The van der Waals surface area contributed by atoms with E-state index in [1.165, 1.54) is 0 Å². The van der Waals surface area contributed by atoms with Gasteiger partial charge < -0.3 is 4.74 Å². The Hall–Kier alpha value is -1.45. The zero-order valence-corrected chi connectivity index (χ0v) is 13.6. The van der Waals surface area contributed by atoms with Gasteiger partial charge in [-0.3, -0.25) is 4.79 Å². The van der Waals surface area contributed by atoms with Gasteiger partial charge in [0.1, 0.15) is 6.04 Å². The van der Waals surface area contributed by atoms with E-state index >= 15 is 0 Å². The Morgan fingerprint density at radius 2 is 1.86 bits per heavy atom. The predicted octanol–water partition coefficient (Wildman–Crippen LogP) is 3.68. The minimum Gasteiger partial charge on any atom is -0.464 e. The summed E-state index contributed by atoms with van der Waals surface area (Å²) in [4.78, 5) is 11.8. The van der Waals surface area contributed by atoms with E-state index in [2.05, 4.69) is 18.9 Å². The summed E-state index contributed by atoms with van der Waals surface area (Å²) >= 11 is 0. The summed E-state index contributed by atoms with van der Waals surface area (Å²) in [6.07, 6.45) is 1.94. The first kappa shape index (κ1) is 17.6. The molecule has 0 bridgehead atoms. The Kier molecular flexibility index (Phi) is 7.95. The number of hydrogen-bond acceptors (Lipinski definition) is 4. The molecule has 0 aliphatic rings. The average Bonchev–Trinajstić information content (AvgIpc) is 2.48. The smallest absolute Gasteiger partial charge is 0.464 e. The first-order valence-corrected chi connectivity index (χ1v) is 8.37. The van der Waals surface area contributed by atoms with Crippen LogP contribution in [0.15, 0.2) is 30.3 Å². The molecule has 0 fully saturated rings. The zero-order valence-electron chi connectivity index (χ0n) is 12.7. The Labute approximate surface area is 127 Å². The highest BCUT2D eigenvalue weighted by Gasteiger charge is 2.28. The highest BCUT2D eigenvalue weighted by molar-refractivity contribution is 7.37. The summed E-state index contributed by atoms with van der Waals surface area (Å²) in [5.74, 6) is 0.445. The van der Waals surface area contributed by atoms with E-state index in [4.69, 9.17) is 9.26 Å². The van der Waals surface area contributed by atoms with Gasteiger partial charge in [-0.15, -0.1) is 0 Å². The monoisotopic (exact) mass is 312 g/mol. The fraction of sp³-hybridized carbons (Fsp3) is 0.533. The van der Waals surface area contributed by atoms with Gasteiger partial charge in [-0.2, -0.15) is 0 Å². The molecule has 0 amide bonds. The number of esters is 1. The summed E-state index contributed by atoms with van der Waals surface area (Å²) in [7, 11) is -2.16. The van der Waals surface area contributed by atoms with E-state index in [-0.39, 0.29) is 0 Å². The molecule has 0 saturated heterocycles. The van der Waals surface area contributed by atoms with E-state index in [0.29, 0.717) is 18.3 Å². The van der Waals surface area contributed by atoms with Crippen LogP contribution >= 0.6 is 8.18 Å². The molecule has 2 atom stereocenters. The van der Waals surface area contributed by atoms with E-state index in [9.17, 15) is 9.36 Å². The Bertz CT molecular complexity index is 448. The van der Waals surface area contributed by atoms with Gasteiger partial charge in [-0.25, -0.2) is 4.52 Å². The molecule has 5 nitrogen and oxygen atoms in total. The number of rotatable bonds is 9. The van der Waals surface area contributed by atoms with Gasteiger partial charge in [0.2, 0.25) is 0 Å². The normalized spacial score (nSPS) is 12.9. The van der Waals surface area contributed by atoms with Crippen molar-refractivity contribution in [2.75, 3.05) is 6.61 Å². The highest BCUT2D eigenvalue weighted by Crippen LogP contribution is 2.23. The van der Waals surface area contributed by atoms with Gasteiger partial charge in [0.05, 0.1) is 6.61 Å². The molecule has 1 aromatic rings. The summed E-state index contributed by atoms with van der Waals surface area (Å²) in [6, 6.07) is 8.13. The summed E-state index contributed by atoms with van der Waals surface area (Å²) < 4.78 is 22.2. The molecule has 1 N–H and O–H groups in total. The van der Waals surface area contributed by atoms with Gasteiger partial charge in [-0.05, 0) is 25.0 Å².